The molecule has 0 atom stereocenters. The van der Waals surface area contributed by atoms with Crippen LogP contribution in [0.4, 0.5) is 0 Å². The van der Waals surface area contributed by atoms with Gasteiger partial charge in [-0.05, 0) is 28.3 Å². The normalized spacial score (nSPS) is 11.4. The first-order valence-electron chi connectivity index (χ1n) is 8.46. The van der Waals surface area contributed by atoms with Gasteiger partial charge in [0, 0.05) is 5.39 Å². The minimum absolute atomic E-state index is 0. The fraction of sp³-hybridized carbons (Fsp3) is 0.0476. The molecule has 150 valence electrons. The third-order valence-corrected chi connectivity index (χ3v) is 6.49. The molecule has 4 rings (SSSR count). The zero-order chi connectivity index (χ0) is 21.1. The van der Waals surface area contributed by atoms with Crippen LogP contribution >= 0.6 is 0 Å². The van der Waals surface area contributed by atoms with Gasteiger partial charge in [-0.25, -0.2) is 8.42 Å². The molecule has 9 heteroatoms. The van der Waals surface area contributed by atoms with Crippen molar-refractivity contribution in [3.05, 3.63) is 84.9 Å². The molecule has 0 amide bonds. The maximum absolute atomic E-state index is 11.6. The molecule has 0 unspecified atom stereocenters. The zero-order valence-corrected chi connectivity index (χ0v) is 20.0. The Balaban J connectivity index is 0.000000207. The summed E-state index contributed by atoms with van der Waals surface area (Å²) in [5, 5.41) is 2.80. The van der Waals surface area contributed by atoms with Gasteiger partial charge in [0.25, 0.3) is 10.1 Å². The van der Waals surface area contributed by atoms with Gasteiger partial charge >= 0.3 is 29.6 Å². The third-order valence-electron chi connectivity index (χ3n) is 4.26. The molecule has 0 spiro atoms. The SMILES string of the molecule is COS(=O)(=O)c1cccc2ccccc12.O=S(=O)([O-])c1cccc2ccccc12.[Na+]. The van der Waals surface area contributed by atoms with Gasteiger partial charge in [0.1, 0.15) is 15.0 Å². The average Bonchev–Trinajstić information content (AvgIpc) is 2.72. The van der Waals surface area contributed by atoms with E-state index in [1.807, 2.05) is 18.2 Å². The van der Waals surface area contributed by atoms with E-state index in [1.54, 1.807) is 60.7 Å². The molecule has 0 aliphatic carbocycles. The Labute approximate surface area is 197 Å². The molecule has 0 N–H and O–H groups in total. The van der Waals surface area contributed by atoms with Crippen LogP contribution in [-0.2, 0) is 24.4 Å². The monoisotopic (exact) mass is 452 g/mol. The summed E-state index contributed by atoms with van der Waals surface area (Å²) in [7, 11) is -6.84. The Kier molecular flexibility index (Phi) is 8.18. The van der Waals surface area contributed by atoms with E-state index in [0.717, 1.165) is 17.9 Å². The molecule has 30 heavy (non-hydrogen) atoms. The molecule has 0 fully saturated rings. The van der Waals surface area contributed by atoms with Gasteiger partial charge in [-0.3, -0.25) is 4.18 Å². The van der Waals surface area contributed by atoms with Crippen molar-refractivity contribution in [2.45, 2.75) is 9.79 Å². The van der Waals surface area contributed by atoms with Crippen molar-refractivity contribution in [2.75, 3.05) is 7.11 Å². The molecule has 0 radical (unpaired) electrons. The van der Waals surface area contributed by atoms with E-state index in [2.05, 4.69) is 4.18 Å². The number of rotatable bonds is 3. The van der Waals surface area contributed by atoms with Crippen LogP contribution in [0.5, 0.6) is 0 Å². The maximum Gasteiger partial charge on any atom is 1.00 e. The van der Waals surface area contributed by atoms with Gasteiger partial charge in [-0.15, -0.1) is 0 Å². The molecule has 0 bridgehead atoms. The van der Waals surface area contributed by atoms with Crippen molar-refractivity contribution >= 4 is 41.8 Å². The van der Waals surface area contributed by atoms with E-state index in [0.29, 0.717) is 10.8 Å². The van der Waals surface area contributed by atoms with E-state index in [9.17, 15) is 21.4 Å². The summed E-state index contributed by atoms with van der Waals surface area (Å²) < 4.78 is 60.4. The summed E-state index contributed by atoms with van der Waals surface area (Å²) in [6.45, 7) is 0. The standard InChI is InChI=1S/C11H10O3S.C10H8O3S.Na/c1-14-15(12,13)11-8-4-6-9-5-2-3-7-10(9)11;11-14(12,13)10-7-3-5-8-4-1-2-6-9(8)10;/h2-8H,1H3;1-7H,(H,11,12,13);/q;;+1/p-1. The zero-order valence-electron chi connectivity index (χ0n) is 16.3. The van der Waals surface area contributed by atoms with Crippen molar-refractivity contribution in [3.8, 4) is 0 Å². The second kappa shape index (κ2) is 10.0. The van der Waals surface area contributed by atoms with Crippen molar-refractivity contribution in [1.82, 2.24) is 0 Å². The van der Waals surface area contributed by atoms with Gasteiger partial charge in [-0.1, -0.05) is 72.8 Å². The Morgan fingerprint density at radius 3 is 1.50 bits per heavy atom. The van der Waals surface area contributed by atoms with Gasteiger partial charge in [0.05, 0.1) is 12.0 Å². The predicted octanol–water partition coefficient (Wildman–Crippen LogP) is 0.923. The summed E-state index contributed by atoms with van der Waals surface area (Å²) in [4.78, 5) is 0.0544. The largest absolute Gasteiger partial charge is 1.00 e. The Morgan fingerprint density at radius 1 is 0.633 bits per heavy atom. The van der Waals surface area contributed by atoms with Crippen molar-refractivity contribution < 1.29 is 55.1 Å². The van der Waals surface area contributed by atoms with Crippen LogP contribution in [-0.4, -0.2) is 28.5 Å². The fourth-order valence-electron chi connectivity index (χ4n) is 2.92. The number of hydrogen-bond donors (Lipinski definition) is 0. The van der Waals surface area contributed by atoms with E-state index in [-0.39, 0.29) is 39.3 Å². The average molecular weight is 452 g/mol. The van der Waals surface area contributed by atoms with Crippen LogP contribution in [0.1, 0.15) is 0 Å². The molecule has 0 heterocycles. The van der Waals surface area contributed by atoms with Crippen molar-refractivity contribution in [2.24, 2.45) is 0 Å². The summed E-state index contributed by atoms with van der Waals surface area (Å²) in [6.07, 6.45) is 0. The number of fused-ring (bicyclic) bond motifs is 2. The summed E-state index contributed by atoms with van der Waals surface area (Å²) in [5.74, 6) is 0. The fourth-order valence-corrected chi connectivity index (χ4v) is 4.50. The second-order valence-electron chi connectivity index (χ2n) is 6.03. The first kappa shape index (κ1) is 24.5. The molecule has 0 aromatic heterocycles. The number of benzene rings is 4. The van der Waals surface area contributed by atoms with Crippen LogP contribution in [0.2, 0.25) is 0 Å². The minimum atomic E-state index is -4.38. The van der Waals surface area contributed by atoms with E-state index < -0.39 is 20.2 Å². The molecule has 0 saturated heterocycles. The number of hydrogen-bond acceptors (Lipinski definition) is 6. The van der Waals surface area contributed by atoms with Crippen LogP contribution in [0.25, 0.3) is 21.5 Å². The summed E-state index contributed by atoms with van der Waals surface area (Å²) in [5.41, 5.74) is 0. The quantitative estimate of drug-likeness (QED) is 0.260. The van der Waals surface area contributed by atoms with E-state index in [4.69, 9.17) is 0 Å². The van der Waals surface area contributed by atoms with E-state index >= 15 is 0 Å². The molecular weight excluding hydrogens is 435 g/mol. The van der Waals surface area contributed by atoms with Gasteiger partial charge < -0.3 is 4.55 Å². The van der Waals surface area contributed by atoms with Gasteiger partial charge in [-0.2, -0.15) is 8.42 Å². The Hall–Kier alpha value is -1.78. The molecular formula is C21H17NaO6S2. The third kappa shape index (κ3) is 5.47. The van der Waals surface area contributed by atoms with Crippen LogP contribution < -0.4 is 29.6 Å². The van der Waals surface area contributed by atoms with E-state index in [1.165, 1.54) is 6.07 Å². The van der Waals surface area contributed by atoms with Crippen molar-refractivity contribution in [3.63, 3.8) is 0 Å². The topological polar surface area (TPSA) is 101 Å². The molecule has 4 aromatic rings. The van der Waals surface area contributed by atoms with Gasteiger partial charge in [0.2, 0.25) is 0 Å². The molecule has 4 aromatic carbocycles. The minimum Gasteiger partial charge on any atom is -0.744 e. The van der Waals surface area contributed by atoms with Crippen molar-refractivity contribution in [1.29, 1.82) is 0 Å². The first-order valence-corrected chi connectivity index (χ1v) is 11.3. The Morgan fingerprint density at radius 2 is 1.03 bits per heavy atom. The first-order chi connectivity index (χ1) is 13.7. The summed E-state index contributed by atoms with van der Waals surface area (Å²) >= 11 is 0. The van der Waals surface area contributed by atoms with Gasteiger partial charge in [0.15, 0.2) is 0 Å². The molecule has 0 aliphatic rings. The second-order valence-corrected chi connectivity index (χ2v) is 9.06. The smallest absolute Gasteiger partial charge is 0.744 e. The van der Waals surface area contributed by atoms with Crippen LogP contribution in [0, 0.1) is 0 Å². The molecule has 0 saturated carbocycles. The summed E-state index contributed by atoms with van der Waals surface area (Å²) in [6, 6.07) is 24.0. The predicted molar refractivity (Wildman–Crippen MR) is 110 cm³/mol. The molecule has 0 aliphatic heterocycles. The Bertz CT molecular complexity index is 1370. The molecule has 6 nitrogen and oxygen atoms in total. The van der Waals surface area contributed by atoms with Crippen LogP contribution in [0.15, 0.2) is 94.7 Å². The maximum atomic E-state index is 11.6. The van der Waals surface area contributed by atoms with Crippen LogP contribution in [0.3, 0.4) is 0 Å².